The lowest BCUT2D eigenvalue weighted by molar-refractivity contribution is 0.444. The highest BCUT2D eigenvalue weighted by Gasteiger charge is 2.08. The maximum Gasteiger partial charge on any atom is 0.242 e. The summed E-state index contributed by atoms with van der Waals surface area (Å²) in [4.78, 5) is 4.00. The zero-order chi connectivity index (χ0) is 12.5. The smallest absolute Gasteiger partial charge is 0.242 e. The minimum atomic E-state index is 0.412. The molecule has 3 rings (SSSR count). The second kappa shape index (κ2) is 3.95. The molecule has 18 heavy (non-hydrogen) atoms. The standard InChI is InChI=1S/C11H10N6O/c1-7-2-3-8(12)9(4-7)18-11-6-13-5-10-14-15-16-17(10)11/h2-6H,12H2,1H3. The van der Waals surface area contributed by atoms with Crippen LogP contribution in [-0.2, 0) is 0 Å². The van der Waals surface area contributed by atoms with Gasteiger partial charge in [0.25, 0.3) is 0 Å². The molecule has 7 nitrogen and oxygen atoms in total. The Bertz CT molecular complexity index is 708. The number of aryl methyl sites for hydroxylation is 1. The third-order valence-electron chi connectivity index (χ3n) is 2.46. The number of fused-ring (bicyclic) bond motifs is 1. The van der Waals surface area contributed by atoms with Crippen LogP contribution in [0.4, 0.5) is 5.69 Å². The molecule has 2 aromatic heterocycles. The molecule has 0 fully saturated rings. The van der Waals surface area contributed by atoms with E-state index in [1.807, 2.05) is 19.1 Å². The van der Waals surface area contributed by atoms with Crippen molar-refractivity contribution >= 4 is 11.3 Å². The van der Waals surface area contributed by atoms with Gasteiger partial charge < -0.3 is 10.5 Å². The Morgan fingerprint density at radius 3 is 3.06 bits per heavy atom. The summed E-state index contributed by atoms with van der Waals surface area (Å²) in [6.45, 7) is 1.96. The van der Waals surface area contributed by atoms with Gasteiger partial charge in [0, 0.05) is 0 Å². The van der Waals surface area contributed by atoms with E-state index in [0.29, 0.717) is 23.0 Å². The number of nitrogens with zero attached hydrogens (tertiary/aromatic N) is 5. The van der Waals surface area contributed by atoms with Crippen molar-refractivity contribution in [1.29, 1.82) is 0 Å². The van der Waals surface area contributed by atoms with Gasteiger partial charge in [0.05, 0.1) is 18.1 Å². The molecule has 90 valence electrons. The first-order valence-electron chi connectivity index (χ1n) is 5.30. The summed E-state index contributed by atoms with van der Waals surface area (Å²) in [6.07, 6.45) is 3.08. The SMILES string of the molecule is Cc1ccc(N)c(Oc2cncc3nnnn23)c1. The van der Waals surface area contributed by atoms with Crippen LogP contribution in [0.15, 0.2) is 30.6 Å². The highest BCUT2D eigenvalue weighted by molar-refractivity contribution is 5.55. The van der Waals surface area contributed by atoms with Gasteiger partial charge >= 0.3 is 0 Å². The van der Waals surface area contributed by atoms with Gasteiger partial charge in [-0.25, -0.2) is 0 Å². The van der Waals surface area contributed by atoms with Crippen molar-refractivity contribution in [2.45, 2.75) is 6.92 Å². The van der Waals surface area contributed by atoms with Crippen LogP contribution in [0, 0.1) is 6.92 Å². The van der Waals surface area contributed by atoms with Crippen LogP contribution in [0.2, 0.25) is 0 Å². The van der Waals surface area contributed by atoms with Crippen LogP contribution in [0.1, 0.15) is 5.56 Å². The van der Waals surface area contributed by atoms with E-state index in [2.05, 4.69) is 20.5 Å². The number of anilines is 1. The summed E-state index contributed by atoms with van der Waals surface area (Å²) in [5, 5.41) is 11.2. The summed E-state index contributed by atoms with van der Waals surface area (Å²) in [7, 11) is 0. The van der Waals surface area contributed by atoms with Crippen molar-refractivity contribution in [3.63, 3.8) is 0 Å². The number of aromatic nitrogens is 5. The molecule has 7 heteroatoms. The van der Waals surface area contributed by atoms with Gasteiger partial charge in [-0.3, -0.25) is 4.98 Å². The van der Waals surface area contributed by atoms with E-state index in [-0.39, 0.29) is 0 Å². The monoisotopic (exact) mass is 242 g/mol. The lowest BCUT2D eigenvalue weighted by Crippen LogP contribution is -1.99. The van der Waals surface area contributed by atoms with Gasteiger partial charge in [-0.05, 0) is 35.0 Å². The largest absolute Gasteiger partial charge is 0.435 e. The number of hydrogen-bond acceptors (Lipinski definition) is 6. The van der Waals surface area contributed by atoms with Crippen molar-refractivity contribution in [2.24, 2.45) is 0 Å². The summed E-state index contributed by atoms with van der Waals surface area (Å²) >= 11 is 0. The summed E-state index contributed by atoms with van der Waals surface area (Å²) in [6, 6.07) is 5.55. The topological polar surface area (TPSA) is 91.2 Å². The molecule has 0 bridgehead atoms. The van der Waals surface area contributed by atoms with Crippen molar-refractivity contribution in [3.05, 3.63) is 36.2 Å². The van der Waals surface area contributed by atoms with Crippen molar-refractivity contribution < 1.29 is 4.74 Å². The van der Waals surface area contributed by atoms with Crippen molar-refractivity contribution in [2.75, 3.05) is 5.73 Å². The van der Waals surface area contributed by atoms with E-state index in [1.165, 1.54) is 10.7 Å². The van der Waals surface area contributed by atoms with Crippen LogP contribution >= 0.6 is 0 Å². The lowest BCUT2D eigenvalue weighted by Gasteiger charge is -2.08. The zero-order valence-corrected chi connectivity index (χ0v) is 9.61. The second-order valence-corrected chi connectivity index (χ2v) is 3.84. The molecule has 0 atom stereocenters. The molecule has 2 heterocycles. The van der Waals surface area contributed by atoms with Crippen LogP contribution < -0.4 is 10.5 Å². The van der Waals surface area contributed by atoms with Gasteiger partial charge in [-0.15, -0.1) is 5.10 Å². The number of nitrogens with two attached hydrogens (primary N) is 1. The normalized spacial score (nSPS) is 10.7. The quantitative estimate of drug-likeness (QED) is 0.679. The average Bonchev–Trinajstić information content (AvgIpc) is 2.83. The molecule has 0 spiro atoms. The first kappa shape index (κ1) is 10.5. The molecule has 0 aliphatic carbocycles. The van der Waals surface area contributed by atoms with Crippen molar-refractivity contribution in [1.82, 2.24) is 25.0 Å². The molecule has 3 aromatic rings. The van der Waals surface area contributed by atoms with E-state index in [1.54, 1.807) is 12.3 Å². The molecule has 0 aliphatic heterocycles. The zero-order valence-electron chi connectivity index (χ0n) is 9.61. The Morgan fingerprint density at radius 1 is 1.28 bits per heavy atom. The third kappa shape index (κ3) is 1.71. The number of nitrogen functional groups attached to an aromatic ring is 1. The van der Waals surface area contributed by atoms with Crippen LogP contribution in [-0.4, -0.2) is 25.0 Å². The summed E-state index contributed by atoms with van der Waals surface area (Å²) < 4.78 is 7.15. The molecule has 0 saturated carbocycles. The molecule has 2 N–H and O–H groups in total. The molecule has 0 unspecified atom stereocenters. The number of rotatable bonds is 2. The van der Waals surface area contributed by atoms with Gasteiger partial charge in [0.15, 0.2) is 5.75 Å². The fourth-order valence-electron chi connectivity index (χ4n) is 1.57. The Kier molecular flexibility index (Phi) is 2.30. The Morgan fingerprint density at radius 2 is 2.17 bits per heavy atom. The van der Waals surface area contributed by atoms with Crippen LogP contribution in [0.5, 0.6) is 11.6 Å². The fraction of sp³-hybridized carbons (Fsp3) is 0.0909. The highest BCUT2D eigenvalue weighted by atomic mass is 16.5. The molecular formula is C11H10N6O. The second-order valence-electron chi connectivity index (χ2n) is 3.84. The summed E-state index contributed by atoms with van der Waals surface area (Å²) in [5.74, 6) is 0.967. The highest BCUT2D eigenvalue weighted by Crippen LogP contribution is 2.27. The van der Waals surface area contributed by atoms with E-state index in [0.717, 1.165) is 5.56 Å². The molecule has 0 saturated heterocycles. The van der Waals surface area contributed by atoms with Gasteiger partial charge in [0.2, 0.25) is 11.5 Å². The number of ether oxygens (including phenoxy) is 1. The minimum Gasteiger partial charge on any atom is -0.435 e. The minimum absolute atomic E-state index is 0.412. The Balaban J connectivity index is 2.06. The molecule has 0 amide bonds. The maximum absolute atomic E-state index is 5.85. The number of benzene rings is 1. The number of hydrogen-bond donors (Lipinski definition) is 1. The predicted octanol–water partition coefficient (Wildman–Crippen LogP) is 1.20. The predicted molar refractivity (Wildman–Crippen MR) is 64.2 cm³/mol. The molecule has 1 aromatic carbocycles. The number of tetrazole rings is 1. The van der Waals surface area contributed by atoms with Crippen LogP contribution in [0.3, 0.4) is 0 Å². The molecule has 0 aliphatic rings. The third-order valence-corrected chi connectivity index (χ3v) is 2.46. The lowest BCUT2D eigenvalue weighted by atomic mass is 10.2. The van der Waals surface area contributed by atoms with Gasteiger partial charge in [-0.1, -0.05) is 6.07 Å². The van der Waals surface area contributed by atoms with E-state index in [4.69, 9.17) is 10.5 Å². The maximum atomic E-state index is 5.85. The van der Waals surface area contributed by atoms with Gasteiger partial charge in [0.1, 0.15) is 0 Å². The van der Waals surface area contributed by atoms with Crippen molar-refractivity contribution in [3.8, 4) is 11.6 Å². The van der Waals surface area contributed by atoms with E-state index >= 15 is 0 Å². The first-order valence-corrected chi connectivity index (χ1v) is 5.30. The fourth-order valence-corrected chi connectivity index (χ4v) is 1.57. The summed E-state index contributed by atoms with van der Waals surface area (Å²) in [5.41, 5.74) is 7.96. The first-order chi connectivity index (χ1) is 8.74. The van der Waals surface area contributed by atoms with E-state index in [9.17, 15) is 0 Å². The molecular weight excluding hydrogens is 232 g/mol. The average molecular weight is 242 g/mol. The van der Waals surface area contributed by atoms with E-state index < -0.39 is 0 Å². The Labute approximate surface area is 102 Å². The Hall–Kier alpha value is -2.70. The molecule has 0 radical (unpaired) electrons. The van der Waals surface area contributed by atoms with Crippen LogP contribution in [0.25, 0.3) is 5.65 Å². The van der Waals surface area contributed by atoms with Gasteiger partial charge in [-0.2, -0.15) is 4.52 Å².